The van der Waals surface area contributed by atoms with Crippen LogP contribution in [0.5, 0.6) is 0 Å². The molecule has 0 aromatic rings. The molecule has 0 saturated carbocycles. The molecule has 0 spiro atoms. The lowest BCUT2D eigenvalue weighted by atomic mass is 9.98. The average Bonchev–Trinajstić information content (AvgIpc) is 2.53. The van der Waals surface area contributed by atoms with Crippen LogP contribution in [0, 0.1) is 5.92 Å². The largest absolute Gasteiger partial charge is 0.479 e. The minimum absolute atomic E-state index is 0.193. The Labute approximate surface area is 74.0 Å². The van der Waals surface area contributed by atoms with Gasteiger partial charge in [0.1, 0.15) is 0 Å². The van der Waals surface area contributed by atoms with E-state index in [0.29, 0.717) is 12.2 Å². The van der Waals surface area contributed by atoms with E-state index in [1.807, 2.05) is 0 Å². The minimum Gasteiger partial charge on any atom is -0.479 e. The van der Waals surface area contributed by atoms with E-state index in [-0.39, 0.29) is 5.92 Å². The number of thioether (sulfide) groups is 1. The summed E-state index contributed by atoms with van der Waals surface area (Å²) in [6, 6.07) is 0. The molecule has 70 valence electrons. The second-order valence-corrected chi connectivity index (χ2v) is 4.00. The Balaban J connectivity index is 2.44. The molecule has 1 rings (SSSR count). The molecule has 3 nitrogen and oxygen atoms in total. The molecule has 5 heteroatoms. The monoisotopic (exact) mass is 194 g/mol. The van der Waals surface area contributed by atoms with Gasteiger partial charge in [0.25, 0.3) is 0 Å². The molecular weight excluding hydrogens is 183 g/mol. The maximum absolute atomic E-state index is 12.7. The molecule has 0 amide bonds. The topological polar surface area (TPSA) is 57.5 Å². The quantitative estimate of drug-likeness (QED) is 0.687. The molecule has 1 heterocycles. The first-order valence-electron chi connectivity index (χ1n) is 3.75. The van der Waals surface area contributed by atoms with E-state index in [1.165, 1.54) is 0 Å². The maximum atomic E-state index is 12.7. The number of hydrogen-bond acceptors (Lipinski definition) is 3. The number of aliphatic hydroxyl groups is 1. The third-order valence-electron chi connectivity index (χ3n) is 1.98. The maximum Gasteiger partial charge on any atom is 0.341 e. The van der Waals surface area contributed by atoms with Crippen LogP contribution < -0.4 is 0 Å². The third-order valence-corrected chi connectivity index (χ3v) is 3.17. The fourth-order valence-electron chi connectivity index (χ4n) is 1.21. The van der Waals surface area contributed by atoms with Crippen LogP contribution in [0.1, 0.15) is 6.42 Å². The average molecular weight is 194 g/mol. The third kappa shape index (κ3) is 2.10. The molecule has 3 atom stereocenters. The van der Waals surface area contributed by atoms with Gasteiger partial charge in [-0.3, -0.25) is 0 Å². The number of alkyl halides is 1. The van der Waals surface area contributed by atoms with Crippen molar-refractivity contribution in [3.8, 4) is 0 Å². The van der Waals surface area contributed by atoms with Crippen LogP contribution in [-0.4, -0.2) is 40.0 Å². The first-order valence-corrected chi connectivity index (χ1v) is 4.91. The van der Waals surface area contributed by atoms with Gasteiger partial charge < -0.3 is 10.2 Å². The number of carboxylic acids is 1. The summed E-state index contributed by atoms with van der Waals surface area (Å²) < 4.78 is 12.7. The zero-order valence-electron chi connectivity index (χ0n) is 6.44. The van der Waals surface area contributed by atoms with E-state index >= 15 is 0 Å². The van der Waals surface area contributed by atoms with Crippen molar-refractivity contribution in [2.24, 2.45) is 5.92 Å². The first kappa shape index (κ1) is 9.80. The van der Waals surface area contributed by atoms with Crippen LogP contribution in [0.3, 0.4) is 0 Å². The van der Waals surface area contributed by atoms with E-state index in [2.05, 4.69) is 0 Å². The van der Waals surface area contributed by atoms with Crippen molar-refractivity contribution >= 4 is 17.7 Å². The van der Waals surface area contributed by atoms with Gasteiger partial charge in [0, 0.05) is 0 Å². The van der Waals surface area contributed by atoms with Gasteiger partial charge in [-0.25, -0.2) is 9.18 Å². The van der Waals surface area contributed by atoms with Crippen molar-refractivity contribution in [1.82, 2.24) is 0 Å². The molecule has 0 bridgehead atoms. The summed E-state index contributed by atoms with van der Waals surface area (Å²) in [5.41, 5.74) is 0. The summed E-state index contributed by atoms with van der Waals surface area (Å²) in [6.07, 6.45) is -2.76. The highest BCUT2D eigenvalue weighted by molar-refractivity contribution is 7.99. The number of carbonyl (C=O) groups is 1. The summed E-state index contributed by atoms with van der Waals surface area (Å²) in [5.74, 6) is -0.219. The summed E-state index contributed by atoms with van der Waals surface area (Å²) >= 11 is 1.62. The minimum atomic E-state index is -2.13. The van der Waals surface area contributed by atoms with E-state index in [1.54, 1.807) is 11.8 Å². The Morgan fingerprint density at radius 1 is 1.67 bits per heavy atom. The molecule has 0 aliphatic carbocycles. The smallest absolute Gasteiger partial charge is 0.341 e. The SMILES string of the molecule is O=C(O)C(F)C(O)C1CCSC1. The van der Waals surface area contributed by atoms with Crippen molar-refractivity contribution in [3.05, 3.63) is 0 Å². The number of aliphatic hydroxyl groups excluding tert-OH is 1. The molecule has 3 unspecified atom stereocenters. The summed E-state index contributed by atoms with van der Waals surface area (Å²) in [6.45, 7) is 0. The Morgan fingerprint density at radius 2 is 2.33 bits per heavy atom. The van der Waals surface area contributed by atoms with E-state index in [0.717, 1.165) is 5.75 Å². The van der Waals surface area contributed by atoms with E-state index in [9.17, 15) is 14.3 Å². The van der Waals surface area contributed by atoms with Crippen molar-refractivity contribution < 1.29 is 19.4 Å². The van der Waals surface area contributed by atoms with Crippen molar-refractivity contribution in [2.45, 2.75) is 18.7 Å². The molecule has 1 aliphatic rings. The second-order valence-electron chi connectivity index (χ2n) is 2.85. The van der Waals surface area contributed by atoms with E-state index < -0.39 is 18.2 Å². The molecule has 12 heavy (non-hydrogen) atoms. The van der Waals surface area contributed by atoms with Gasteiger partial charge in [0.15, 0.2) is 0 Å². The lowest BCUT2D eigenvalue weighted by molar-refractivity contribution is -0.148. The number of aliphatic carboxylic acids is 1. The molecule has 0 aromatic heterocycles. The molecule has 1 saturated heterocycles. The van der Waals surface area contributed by atoms with Gasteiger partial charge >= 0.3 is 5.97 Å². The highest BCUT2D eigenvalue weighted by Gasteiger charge is 2.34. The zero-order valence-corrected chi connectivity index (χ0v) is 7.26. The number of hydrogen-bond donors (Lipinski definition) is 2. The van der Waals surface area contributed by atoms with E-state index in [4.69, 9.17) is 5.11 Å². The first-order chi connectivity index (χ1) is 5.63. The molecule has 2 N–H and O–H groups in total. The Bertz CT molecular complexity index is 170. The van der Waals surface area contributed by atoms with Crippen LogP contribution in [0.4, 0.5) is 4.39 Å². The summed E-state index contributed by atoms with van der Waals surface area (Å²) in [4.78, 5) is 10.2. The Kier molecular flexibility index (Phi) is 3.34. The predicted octanol–water partition coefficient (Wildman–Crippen LogP) is 0.523. The summed E-state index contributed by atoms with van der Waals surface area (Å²) in [5, 5.41) is 17.5. The summed E-state index contributed by atoms with van der Waals surface area (Å²) in [7, 11) is 0. The fourth-order valence-corrected chi connectivity index (χ4v) is 2.51. The zero-order chi connectivity index (χ0) is 9.14. The van der Waals surface area contributed by atoms with Crippen molar-refractivity contribution in [3.63, 3.8) is 0 Å². The predicted molar refractivity (Wildman–Crippen MR) is 44.0 cm³/mol. The van der Waals surface area contributed by atoms with Gasteiger partial charge in [-0.15, -0.1) is 0 Å². The number of rotatable bonds is 3. The Morgan fingerprint density at radius 3 is 2.75 bits per heavy atom. The molecule has 0 aromatic carbocycles. The Hall–Kier alpha value is -0.290. The van der Waals surface area contributed by atoms with Gasteiger partial charge in [-0.05, 0) is 23.8 Å². The highest BCUT2D eigenvalue weighted by atomic mass is 32.2. The normalized spacial score (nSPS) is 28.3. The van der Waals surface area contributed by atoms with Gasteiger partial charge in [-0.2, -0.15) is 11.8 Å². The standard InChI is InChI=1S/C7H11FO3S/c8-5(7(10)11)6(9)4-1-2-12-3-4/h4-6,9H,1-3H2,(H,10,11). The van der Waals surface area contributed by atoms with Crippen LogP contribution in [-0.2, 0) is 4.79 Å². The van der Waals surface area contributed by atoms with Crippen LogP contribution >= 0.6 is 11.8 Å². The lowest BCUT2D eigenvalue weighted by Crippen LogP contribution is -2.36. The van der Waals surface area contributed by atoms with Gasteiger partial charge in [-0.1, -0.05) is 0 Å². The molecule has 1 fully saturated rings. The lowest BCUT2D eigenvalue weighted by Gasteiger charge is -2.17. The molecule has 1 aliphatic heterocycles. The second kappa shape index (κ2) is 4.09. The molecular formula is C7H11FO3S. The van der Waals surface area contributed by atoms with Crippen molar-refractivity contribution in [1.29, 1.82) is 0 Å². The molecule has 0 radical (unpaired) electrons. The van der Waals surface area contributed by atoms with Crippen LogP contribution in [0.25, 0.3) is 0 Å². The number of carboxylic acid groups (broad SMARTS) is 1. The van der Waals surface area contributed by atoms with Crippen molar-refractivity contribution in [2.75, 3.05) is 11.5 Å². The highest BCUT2D eigenvalue weighted by Crippen LogP contribution is 2.28. The van der Waals surface area contributed by atoms with Gasteiger partial charge in [0.05, 0.1) is 6.10 Å². The van der Waals surface area contributed by atoms with Crippen LogP contribution in [0.15, 0.2) is 0 Å². The van der Waals surface area contributed by atoms with Crippen LogP contribution in [0.2, 0.25) is 0 Å². The number of halogens is 1. The fraction of sp³-hybridized carbons (Fsp3) is 0.857. The van der Waals surface area contributed by atoms with Gasteiger partial charge in [0.2, 0.25) is 6.17 Å².